The summed E-state index contributed by atoms with van der Waals surface area (Å²) in [5.41, 5.74) is 3.46. The van der Waals surface area contributed by atoms with Crippen molar-refractivity contribution in [1.29, 1.82) is 0 Å². The molecule has 2 heterocycles. The molecule has 2 unspecified atom stereocenters. The van der Waals surface area contributed by atoms with Crippen molar-refractivity contribution >= 4 is 23.1 Å². The Hall–Kier alpha value is -2.95. The Labute approximate surface area is 146 Å². The molecule has 0 fully saturated rings. The Bertz CT molecular complexity index is 860. The number of carbonyl (C=O) groups is 2. The van der Waals surface area contributed by atoms with Gasteiger partial charge in [-0.3, -0.25) is 9.59 Å². The smallest absolute Gasteiger partial charge is 0.224 e. The molecule has 0 saturated heterocycles. The summed E-state index contributed by atoms with van der Waals surface area (Å²) < 4.78 is 0. The highest BCUT2D eigenvalue weighted by molar-refractivity contribution is 6.00. The zero-order valence-corrected chi connectivity index (χ0v) is 14.0. The van der Waals surface area contributed by atoms with E-state index in [2.05, 4.69) is 16.4 Å². The van der Waals surface area contributed by atoms with Crippen LogP contribution in [-0.2, 0) is 9.59 Å². The minimum Gasteiger partial charge on any atom is -0.357 e. The zero-order chi connectivity index (χ0) is 17.4. The average Bonchev–Trinajstić information content (AvgIpc) is 2.77. The molecule has 2 N–H and O–H groups in total. The first kappa shape index (κ1) is 15.6. The van der Waals surface area contributed by atoms with Crippen LogP contribution in [0, 0.1) is 5.92 Å². The lowest BCUT2D eigenvalue weighted by Gasteiger charge is -2.35. The van der Waals surface area contributed by atoms with E-state index in [1.165, 1.54) is 0 Å². The molecule has 5 nitrogen and oxygen atoms in total. The van der Waals surface area contributed by atoms with Crippen LogP contribution in [0.15, 0.2) is 60.6 Å². The van der Waals surface area contributed by atoms with Gasteiger partial charge in [-0.25, -0.2) is 4.98 Å². The number of para-hydroxylation sites is 2. The monoisotopic (exact) mass is 334 g/mol. The fraction of sp³-hybridized carbons (Fsp3) is 0.250. The van der Waals surface area contributed by atoms with Gasteiger partial charge in [-0.1, -0.05) is 18.2 Å². The maximum atomic E-state index is 12.9. The van der Waals surface area contributed by atoms with E-state index in [-0.39, 0.29) is 23.7 Å². The number of fused-ring (bicyclic) bond motifs is 2. The molecule has 25 heavy (non-hydrogen) atoms. The molecule has 2 atom stereocenters. The molecule has 2 aliphatic rings. The molecule has 0 saturated carbocycles. The predicted octanol–water partition coefficient (Wildman–Crippen LogP) is 2.88. The number of aromatic amines is 1. The van der Waals surface area contributed by atoms with Crippen LogP contribution in [0.4, 0.5) is 11.4 Å². The van der Waals surface area contributed by atoms with Crippen LogP contribution in [0.3, 0.4) is 0 Å². The second-order valence-electron chi connectivity index (χ2n) is 6.45. The molecule has 0 radical (unpaired) electrons. The normalized spacial score (nSPS) is 22.2. The Balaban J connectivity index is 1.98. The molecule has 2 aromatic rings. The summed E-state index contributed by atoms with van der Waals surface area (Å²) in [6.45, 7) is 1.55. The van der Waals surface area contributed by atoms with Crippen LogP contribution in [0.5, 0.6) is 0 Å². The van der Waals surface area contributed by atoms with Crippen molar-refractivity contribution in [3.8, 4) is 0 Å². The number of pyridine rings is 1. The van der Waals surface area contributed by atoms with Crippen LogP contribution in [0.1, 0.15) is 31.4 Å². The van der Waals surface area contributed by atoms with Gasteiger partial charge in [0.2, 0.25) is 5.91 Å². The standard InChI is InChI=1S/C20H19N3O2/c1-13(24)23-17-9-3-2-7-15(17)22-16-8-4-10-18(25)19(16)20(23)14-6-5-11-21-12-14/h2-3,5-9,11-12,19-20,22H,4,10H2,1H3/p+1. The maximum absolute atomic E-state index is 12.9. The first-order chi connectivity index (χ1) is 12.2. The summed E-state index contributed by atoms with van der Waals surface area (Å²) in [4.78, 5) is 30.3. The molecule has 0 spiro atoms. The fourth-order valence-electron chi connectivity index (χ4n) is 3.84. The third kappa shape index (κ3) is 2.61. The number of H-pyrrole nitrogens is 1. The van der Waals surface area contributed by atoms with E-state index < -0.39 is 0 Å². The number of allylic oxidation sites excluding steroid dienone is 1. The first-order valence-corrected chi connectivity index (χ1v) is 8.51. The van der Waals surface area contributed by atoms with Gasteiger partial charge in [0.25, 0.3) is 0 Å². The summed E-state index contributed by atoms with van der Waals surface area (Å²) in [6.07, 6.45) is 7.02. The van der Waals surface area contributed by atoms with E-state index in [0.29, 0.717) is 6.42 Å². The molecular formula is C20H20N3O2+. The van der Waals surface area contributed by atoms with Crippen LogP contribution < -0.4 is 15.2 Å². The Morgan fingerprint density at radius 1 is 1.24 bits per heavy atom. The molecular weight excluding hydrogens is 314 g/mol. The lowest BCUT2D eigenvalue weighted by Crippen LogP contribution is -2.41. The Morgan fingerprint density at radius 2 is 2.08 bits per heavy atom. The van der Waals surface area contributed by atoms with Crippen molar-refractivity contribution in [2.75, 3.05) is 10.2 Å². The topological polar surface area (TPSA) is 63.6 Å². The number of hydrogen-bond donors (Lipinski definition) is 1. The molecule has 126 valence electrons. The number of rotatable bonds is 1. The van der Waals surface area contributed by atoms with E-state index in [0.717, 1.165) is 29.1 Å². The SMILES string of the molecule is CC(=O)N1c2ccccc2NC2=CCCC(=O)C2C1c1ccc[nH+]c1. The van der Waals surface area contributed by atoms with Crippen molar-refractivity contribution in [3.05, 3.63) is 66.1 Å². The quantitative estimate of drug-likeness (QED) is 0.872. The highest BCUT2D eigenvalue weighted by Gasteiger charge is 2.43. The molecule has 1 aromatic heterocycles. The molecule has 5 heteroatoms. The number of nitrogens with zero attached hydrogens (tertiary/aromatic N) is 1. The number of nitrogens with one attached hydrogen (secondary N) is 2. The summed E-state index contributed by atoms with van der Waals surface area (Å²) in [7, 11) is 0. The minimum atomic E-state index is -0.388. The van der Waals surface area contributed by atoms with E-state index in [1.54, 1.807) is 11.8 Å². The minimum absolute atomic E-state index is 0.0808. The third-order valence-electron chi connectivity index (χ3n) is 4.89. The largest absolute Gasteiger partial charge is 0.357 e. The molecule has 4 rings (SSSR count). The van der Waals surface area contributed by atoms with Gasteiger partial charge < -0.3 is 10.2 Å². The van der Waals surface area contributed by atoms with Gasteiger partial charge in [0.15, 0.2) is 12.4 Å². The number of Topliss-reactive ketones (excluding diaryl/α,β-unsaturated/α-hetero) is 1. The summed E-state index contributed by atoms with van der Waals surface area (Å²) >= 11 is 0. The number of aromatic nitrogens is 1. The second kappa shape index (κ2) is 6.16. The van der Waals surface area contributed by atoms with Crippen LogP contribution in [0.25, 0.3) is 0 Å². The molecule has 1 aliphatic carbocycles. The average molecular weight is 334 g/mol. The highest BCUT2D eigenvalue weighted by atomic mass is 16.2. The Morgan fingerprint density at radius 3 is 2.84 bits per heavy atom. The van der Waals surface area contributed by atoms with Gasteiger partial charge >= 0.3 is 0 Å². The van der Waals surface area contributed by atoms with Crippen LogP contribution in [0.2, 0.25) is 0 Å². The number of carbonyl (C=O) groups excluding carboxylic acids is 2. The van der Waals surface area contributed by atoms with Gasteiger partial charge in [-0.15, -0.1) is 0 Å². The van der Waals surface area contributed by atoms with Crippen LogP contribution >= 0.6 is 0 Å². The zero-order valence-electron chi connectivity index (χ0n) is 14.0. The van der Waals surface area contributed by atoms with E-state index in [4.69, 9.17) is 0 Å². The molecule has 0 bridgehead atoms. The van der Waals surface area contributed by atoms with Crippen molar-refractivity contribution in [3.63, 3.8) is 0 Å². The lowest BCUT2D eigenvalue weighted by atomic mass is 9.81. The molecule has 1 aliphatic heterocycles. The van der Waals surface area contributed by atoms with Gasteiger partial charge in [-0.2, -0.15) is 0 Å². The van der Waals surface area contributed by atoms with Crippen molar-refractivity contribution in [2.45, 2.75) is 25.8 Å². The van der Waals surface area contributed by atoms with Gasteiger partial charge in [0, 0.05) is 30.7 Å². The van der Waals surface area contributed by atoms with Crippen molar-refractivity contribution in [1.82, 2.24) is 0 Å². The van der Waals surface area contributed by atoms with E-state index >= 15 is 0 Å². The molecule has 1 amide bonds. The number of anilines is 2. The highest BCUT2D eigenvalue weighted by Crippen LogP contribution is 2.45. The van der Waals surface area contributed by atoms with Gasteiger partial charge in [0.1, 0.15) is 5.78 Å². The predicted molar refractivity (Wildman–Crippen MR) is 94.8 cm³/mol. The van der Waals surface area contributed by atoms with Gasteiger partial charge in [-0.05, 0) is 24.6 Å². The number of ketones is 1. The first-order valence-electron chi connectivity index (χ1n) is 8.51. The lowest BCUT2D eigenvalue weighted by molar-refractivity contribution is -0.378. The van der Waals surface area contributed by atoms with Crippen molar-refractivity contribution in [2.24, 2.45) is 5.92 Å². The second-order valence-corrected chi connectivity index (χ2v) is 6.45. The van der Waals surface area contributed by atoms with E-state index in [1.807, 2.05) is 48.8 Å². The summed E-state index contributed by atoms with van der Waals surface area (Å²) in [5.74, 6) is -0.304. The fourth-order valence-corrected chi connectivity index (χ4v) is 3.84. The summed E-state index contributed by atoms with van der Waals surface area (Å²) in [5, 5.41) is 3.41. The number of hydrogen-bond acceptors (Lipinski definition) is 3. The van der Waals surface area contributed by atoms with Gasteiger partial charge in [0.05, 0.1) is 23.3 Å². The van der Waals surface area contributed by atoms with Crippen LogP contribution in [-0.4, -0.2) is 11.7 Å². The number of benzene rings is 1. The van der Waals surface area contributed by atoms with E-state index in [9.17, 15) is 9.59 Å². The Kier molecular flexibility index (Phi) is 3.84. The maximum Gasteiger partial charge on any atom is 0.224 e. The number of amides is 1. The molecule has 1 aromatic carbocycles. The third-order valence-corrected chi connectivity index (χ3v) is 4.89. The van der Waals surface area contributed by atoms with Crippen molar-refractivity contribution < 1.29 is 14.6 Å². The summed E-state index contributed by atoms with van der Waals surface area (Å²) in [6, 6.07) is 11.2.